The van der Waals surface area contributed by atoms with Gasteiger partial charge in [-0.2, -0.15) is 9.40 Å². The molecule has 0 spiro atoms. The second kappa shape index (κ2) is 9.29. The number of morpholine rings is 1. The Morgan fingerprint density at radius 3 is 2.50 bits per heavy atom. The Morgan fingerprint density at radius 1 is 1.05 bits per heavy atom. The fraction of sp³-hybridized carbons (Fsp3) is 0.346. The number of rotatable bonds is 5. The number of aromatic nitrogens is 3. The fourth-order valence-electron chi connectivity index (χ4n) is 5.45. The number of aliphatic carboxylic acids is 1. The number of halogens is 1. The lowest BCUT2D eigenvalue weighted by Crippen LogP contribution is -2.53. The van der Waals surface area contributed by atoms with Gasteiger partial charge in [-0.25, -0.2) is 22.5 Å². The molecule has 6 rings (SSSR count). The van der Waals surface area contributed by atoms with E-state index in [0.717, 1.165) is 5.69 Å². The minimum absolute atomic E-state index is 0.0307. The van der Waals surface area contributed by atoms with E-state index in [2.05, 4.69) is 10.1 Å². The van der Waals surface area contributed by atoms with Crippen molar-refractivity contribution in [3.05, 3.63) is 71.4 Å². The molecule has 2 aliphatic heterocycles. The molecular formula is C26H26FN5O5S. The molecule has 3 aromatic rings. The maximum absolute atomic E-state index is 13.6. The Balaban J connectivity index is 1.29. The Morgan fingerprint density at radius 2 is 1.82 bits per heavy atom. The number of anilines is 1. The van der Waals surface area contributed by atoms with Gasteiger partial charge in [0, 0.05) is 32.4 Å². The number of carboxylic acids is 1. The third kappa shape index (κ3) is 4.08. The van der Waals surface area contributed by atoms with Gasteiger partial charge >= 0.3 is 5.97 Å². The van der Waals surface area contributed by atoms with E-state index >= 15 is 0 Å². The quantitative estimate of drug-likeness (QED) is 0.525. The standard InChI is InChI=1S/C26H26FN5O5S/c27-20-1-3-21(4-2-20)32-23-13-19-7-8-31(17-26(19,25(33)34)14-18(23)15-29-32)38(35,36)22-5-6-24(28-16-22)30-9-11-37-12-10-30/h1-6,13,15-16H,7-12,14,17H2,(H,33,34)/t26-/m0/s1. The molecule has 12 heteroatoms. The zero-order valence-electron chi connectivity index (χ0n) is 20.5. The van der Waals surface area contributed by atoms with E-state index in [1.54, 1.807) is 35.2 Å². The van der Waals surface area contributed by atoms with E-state index in [-0.39, 0.29) is 36.6 Å². The van der Waals surface area contributed by atoms with Crippen LogP contribution in [0, 0.1) is 11.2 Å². The lowest BCUT2D eigenvalue weighted by atomic mass is 9.69. The predicted molar refractivity (Wildman–Crippen MR) is 136 cm³/mol. The van der Waals surface area contributed by atoms with E-state index in [1.807, 2.05) is 4.90 Å². The van der Waals surface area contributed by atoms with Crippen molar-refractivity contribution in [1.29, 1.82) is 0 Å². The lowest BCUT2D eigenvalue weighted by Gasteiger charge is -2.43. The van der Waals surface area contributed by atoms with Crippen LogP contribution in [0.1, 0.15) is 17.7 Å². The van der Waals surface area contributed by atoms with Gasteiger partial charge in [0.05, 0.1) is 30.8 Å². The van der Waals surface area contributed by atoms with Crippen LogP contribution in [-0.4, -0.2) is 78.0 Å². The number of carbonyl (C=O) groups is 1. The second-order valence-corrected chi connectivity index (χ2v) is 11.7. The minimum atomic E-state index is -3.97. The van der Waals surface area contributed by atoms with Crippen molar-refractivity contribution in [3.8, 4) is 5.69 Å². The van der Waals surface area contributed by atoms with E-state index in [1.165, 1.54) is 28.7 Å². The summed E-state index contributed by atoms with van der Waals surface area (Å²) in [6.45, 7) is 2.50. The Hall–Kier alpha value is -3.61. The van der Waals surface area contributed by atoms with Gasteiger partial charge in [-0.15, -0.1) is 0 Å². The van der Waals surface area contributed by atoms with Gasteiger partial charge in [0.25, 0.3) is 0 Å². The zero-order chi connectivity index (χ0) is 26.5. The number of carboxylic acid groups (broad SMARTS) is 1. The number of hydrogen-bond donors (Lipinski definition) is 1. The number of benzene rings is 1. The third-order valence-corrected chi connectivity index (χ3v) is 9.38. The van der Waals surface area contributed by atoms with Crippen LogP contribution in [0.2, 0.25) is 0 Å². The summed E-state index contributed by atoms with van der Waals surface area (Å²) in [6.07, 6.45) is 5.10. The van der Waals surface area contributed by atoms with Crippen LogP contribution in [0.5, 0.6) is 0 Å². The molecule has 1 atom stereocenters. The molecule has 198 valence electrons. The average Bonchev–Trinajstić information content (AvgIpc) is 3.34. The van der Waals surface area contributed by atoms with Crippen LogP contribution in [0.25, 0.3) is 11.8 Å². The van der Waals surface area contributed by atoms with Crippen LogP contribution in [-0.2, 0) is 26.0 Å². The van der Waals surface area contributed by atoms with Crippen molar-refractivity contribution in [2.45, 2.75) is 17.7 Å². The van der Waals surface area contributed by atoms with Crippen molar-refractivity contribution in [3.63, 3.8) is 0 Å². The topological polar surface area (TPSA) is 118 Å². The third-order valence-electron chi connectivity index (χ3n) is 7.56. The maximum Gasteiger partial charge on any atom is 0.315 e. The van der Waals surface area contributed by atoms with Gasteiger partial charge in [-0.05, 0) is 66.5 Å². The summed E-state index contributed by atoms with van der Waals surface area (Å²) < 4.78 is 48.8. The van der Waals surface area contributed by atoms with Gasteiger partial charge in [0.2, 0.25) is 10.0 Å². The molecule has 1 aromatic carbocycles. The predicted octanol–water partition coefficient (Wildman–Crippen LogP) is 2.35. The van der Waals surface area contributed by atoms with E-state index < -0.39 is 21.4 Å². The molecule has 2 aromatic heterocycles. The Bertz CT molecular complexity index is 1510. The highest BCUT2D eigenvalue weighted by Crippen LogP contribution is 2.45. The normalized spacial score (nSPS) is 21.9. The van der Waals surface area contributed by atoms with Crippen molar-refractivity contribution < 1.29 is 27.4 Å². The maximum atomic E-state index is 13.6. The molecule has 0 amide bonds. The van der Waals surface area contributed by atoms with Crippen LogP contribution >= 0.6 is 0 Å². The summed E-state index contributed by atoms with van der Waals surface area (Å²) in [5.41, 5.74) is 1.31. The van der Waals surface area contributed by atoms with E-state index in [9.17, 15) is 22.7 Å². The second-order valence-electron chi connectivity index (χ2n) is 9.72. The molecule has 1 aliphatic carbocycles. The monoisotopic (exact) mass is 539 g/mol. The molecule has 3 aliphatic rings. The average molecular weight is 540 g/mol. The summed E-state index contributed by atoms with van der Waals surface area (Å²) in [4.78, 5) is 19.1. The van der Waals surface area contributed by atoms with E-state index in [0.29, 0.717) is 48.9 Å². The number of nitrogens with zero attached hydrogens (tertiary/aromatic N) is 5. The SMILES string of the molecule is O=C(O)[C@]12Cc3cnn(-c4ccc(F)cc4)c3C=C1CCN(S(=O)(=O)c1ccc(N3CCOCC3)nc1)C2. The number of hydrogen-bond acceptors (Lipinski definition) is 7. The number of ether oxygens (including phenoxy) is 1. The van der Waals surface area contributed by atoms with Crippen molar-refractivity contribution in [1.82, 2.24) is 19.1 Å². The molecular weight excluding hydrogens is 513 g/mol. The minimum Gasteiger partial charge on any atom is -0.481 e. The van der Waals surface area contributed by atoms with Gasteiger partial charge in [0.15, 0.2) is 0 Å². The highest BCUT2D eigenvalue weighted by molar-refractivity contribution is 7.89. The first-order valence-electron chi connectivity index (χ1n) is 12.3. The molecule has 0 bridgehead atoms. The lowest BCUT2D eigenvalue weighted by molar-refractivity contribution is -0.147. The molecule has 38 heavy (non-hydrogen) atoms. The van der Waals surface area contributed by atoms with Crippen molar-refractivity contribution in [2.24, 2.45) is 5.41 Å². The first-order valence-corrected chi connectivity index (χ1v) is 13.8. The fourth-order valence-corrected chi connectivity index (χ4v) is 6.89. The Kier molecular flexibility index (Phi) is 6.04. The first kappa shape index (κ1) is 24.7. The van der Waals surface area contributed by atoms with Gasteiger partial charge in [0.1, 0.15) is 21.9 Å². The highest BCUT2D eigenvalue weighted by atomic mass is 32.2. The van der Waals surface area contributed by atoms with Crippen molar-refractivity contribution >= 4 is 27.9 Å². The van der Waals surface area contributed by atoms with Crippen LogP contribution in [0.15, 0.2) is 59.3 Å². The van der Waals surface area contributed by atoms with E-state index in [4.69, 9.17) is 4.74 Å². The van der Waals surface area contributed by atoms with Crippen LogP contribution in [0.3, 0.4) is 0 Å². The molecule has 2 saturated heterocycles. The highest BCUT2D eigenvalue weighted by Gasteiger charge is 2.51. The largest absolute Gasteiger partial charge is 0.481 e. The molecule has 0 radical (unpaired) electrons. The molecule has 0 saturated carbocycles. The molecule has 0 unspecified atom stereocenters. The van der Waals surface area contributed by atoms with Crippen molar-refractivity contribution in [2.75, 3.05) is 44.3 Å². The first-order chi connectivity index (χ1) is 18.3. The summed E-state index contributed by atoms with van der Waals surface area (Å²) in [5, 5.41) is 14.8. The molecule has 1 N–H and O–H groups in total. The summed E-state index contributed by atoms with van der Waals surface area (Å²) in [7, 11) is -3.97. The van der Waals surface area contributed by atoms with Gasteiger partial charge < -0.3 is 14.7 Å². The molecule has 2 fully saturated rings. The molecule has 4 heterocycles. The summed E-state index contributed by atoms with van der Waals surface area (Å²) in [5.74, 6) is -0.766. The number of sulfonamides is 1. The number of fused-ring (bicyclic) bond motifs is 2. The summed E-state index contributed by atoms with van der Waals surface area (Å²) >= 11 is 0. The van der Waals surface area contributed by atoms with Gasteiger partial charge in [-0.3, -0.25) is 4.79 Å². The summed E-state index contributed by atoms with van der Waals surface area (Å²) in [6, 6.07) is 9.09. The number of piperidine rings is 1. The van der Waals surface area contributed by atoms with Crippen LogP contribution < -0.4 is 4.90 Å². The molecule has 10 nitrogen and oxygen atoms in total. The smallest absolute Gasteiger partial charge is 0.315 e. The van der Waals surface area contributed by atoms with Gasteiger partial charge in [-0.1, -0.05) is 0 Å². The van der Waals surface area contributed by atoms with Crippen LogP contribution in [0.4, 0.5) is 10.2 Å². The number of pyridine rings is 1. The zero-order valence-corrected chi connectivity index (χ0v) is 21.3. The Labute approximate surface area is 219 Å².